The van der Waals surface area contributed by atoms with Gasteiger partial charge in [0.05, 0.1) is 0 Å². The summed E-state index contributed by atoms with van der Waals surface area (Å²) in [5.41, 5.74) is 1.26. The molecule has 23 heavy (non-hydrogen) atoms. The van der Waals surface area contributed by atoms with Gasteiger partial charge in [0.25, 0.3) is 0 Å². The van der Waals surface area contributed by atoms with Crippen molar-refractivity contribution >= 4 is 5.97 Å². The van der Waals surface area contributed by atoms with Crippen molar-refractivity contribution < 1.29 is 30.0 Å². The summed E-state index contributed by atoms with van der Waals surface area (Å²) in [6.45, 7) is 0. The zero-order valence-corrected chi connectivity index (χ0v) is 12.2. The summed E-state index contributed by atoms with van der Waals surface area (Å²) in [6.07, 6.45) is 0.984. The maximum atomic E-state index is 11.1. The Morgan fingerprint density at radius 1 is 1.00 bits per heavy atom. The van der Waals surface area contributed by atoms with Crippen LogP contribution in [0.4, 0.5) is 0 Å². The largest absolute Gasteiger partial charge is 0.504 e. The fourth-order valence-corrected chi connectivity index (χ4v) is 2.68. The van der Waals surface area contributed by atoms with Gasteiger partial charge >= 0.3 is 5.97 Å². The zero-order chi connectivity index (χ0) is 16.6. The van der Waals surface area contributed by atoms with E-state index in [9.17, 15) is 25.2 Å². The van der Waals surface area contributed by atoms with Crippen molar-refractivity contribution in [2.45, 2.75) is 25.4 Å². The zero-order valence-electron chi connectivity index (χ0n) is 12.2. The third-order valence-corrected chi connectivity index (χ3v) is 3.94. The van der Waals surface area contributed by atoms with Crippen LogP contribution in [0.1, 0.15) is 18.4 Å². The van der Waals surface area contributed by atoms with Crippen molar-refractivity contribution in [3.63, 3.8) is 0 Å². The molecule has 1 fully saturated rings. The molecule has 6 heteroatoms. The van der Waals surface area contributed by atoms with Crippen molar-refractivity contribution in [1.82, 2.24) is 0 Å². The number of esters is 1. The van der Waals surface area contributed by atoms with Crippen LogP contribution in [-0.2, 0) is 16.0 Å². The van der Waals surface area contributed by atoms with Gasteiger partial charge in [0.1, 0.15) is 6.10 Å². The fourth-order valence-electron chi connectivity index (χ4n) is 2.68. The molecule has 0 saturated carbocycles. The van der Waals surface area contributed by atoms with Crippen LogP contribution in [0, 0.1) is 0 Å². The van der Waals surface area contributed by atoms with Crippen LogP contribution in [0.15, 0.2) is 30.3 Å². The van der Waals surface area contributed by atoms with E-state index in [0.29, 0.717) is 36.0 Å². The number of aromatic hydroxyl groups is 4. The number of hydrogen-bond donors (Lipinski definition) is 4. The number of phenolic OH excluding ortho intramolecular Hbond substituents is 4. The van der Waals surface area contributed by atoms with Crippen LogP contribution in [0.25, 0.3) is 11.1 Å². The average molecular weight is 316 g/mol. The van der Waals surface area contributed by atoms with Gasteiger partial charge in [-0.3, -0.25) is 4.79 Å². The summed E-state index contributed by atoms with van der Waals surface area (Å²) in [7, 11) is 0. The minimum Gasteiger partial charge on any atom is -0.504 e. The van der Waals surface area contributed by atoms with Crippen molar-refractivity contribution in [1.29, 1.82) is 0 Å². The minimum atomic E-state index is -0.322. The minimum absolute atomic E-state index is 0.255. The molecular weight excluding hydrogens is 300 g/mol. The van der Waals surface area contributed by atoms with Crippen LogP contribution in [0.5, 0.6) is 23.0 Å². The lowest BCUT2D eigenvalue weighted by Gasteiger charge is -2.14. The van der Waals surface area contributed by atoms with Gasteiger partial charge in [-0.15, -0.1) is 0 Å². The molecule has 120 valence electrons. The molecule has 0 bridgehead atoms. The van der Waals surface area contributed by atoms with Gasteiger partial charge in [-0.2, -0.15) is 0 Å². The van der Waals surface area contributed by atoms with Crippen molar-refractivity contribution in [3.05, 3.63) is 35.9 Å². The number of hydrogen-bond acceptors (Lipinski definition) is 6. The second-order valence-corrected chi connectivity index (χ2v) is 5.53. The highest BCUT2D eigenvalue weighted by molar-refractivity contribution is 5.76. The summed E-state index contributed by atoms with van der Waals surface area (Å²) in [4.78, 5) is 11.1. The monoisotopic (exact) mass is 316 g/mol. The molecule has 1 aliphatic rings. The molecule has 2 aromatic rings. The molecule has 6 nitrogen and oxygen atoms in total. The Balaban J connectivity index is 1.90. The Kier molecular flexibility index (Phi) is 3.73. The molecule has 3 rings (SSSR count). The van der Waals surface area contributed by atoms with Crippen LogP contribution in [-0.4, -0.2) is 32.5 Å². The van der Waals surface area contributed by atoms with Crippen molar-refractivity contribution in [2.24, 2.45) is 0 Å². The highest BCUT2D eigenvalue weighted by Crippen LogP contribution is 2.41. The van der Waals surface area contributed by atoms with E-state index in [0.717, 1.165) is 0 Å². The molecule has 2 aromatic carbocycles. The van der Waals surface area contributed by atoms with E-state index in [1.165, 1.54) is 18.2 Å². The molecule has 1 saturated heterocycles. The van der Waals surface area contributed by atoms with Crippen LogP contribution in [0.2, 0.25) is 0 Å². The number of rotatable bonds is 3. The molecule has 0 radical (unpaired) electrons. The molecule has 1 unspecified atom stereocenters. The van der Waals surface area contributed by atoms with Gasteiger partial charge in [0, 0.05) is 24.0 Å². The Morgan fingerprint density at radius 2 is 1.78 bits per heavy atom. The number of carbonyl (C=O) groups excluding carboxylic acids is 1. The predicted octanol–water partition coefficient (Wildman–Crippen LogP) is 2.42. The van der Waals surface area contributed by atoms with E-state index >= 15 is 0 Å². The summed E-state index contributed by atoms with van der Waals surface area (Å²) >= 11 is 0. The second-order valence-electron chi connectivity index (χ2n) is 5.53. The van der Waals surface area contributed by atoms with Gasteiger partial charge in [-0.25, -0.2) is 0 Å². The van der Waals surface area contributed by atoms with Crippen molar-refractivity contribution in [3.8, 4) is 34.1 Å². The first-order valence-corrected chi connectivity index (χ1v) is 7.21. The van der Waals surface area contributed by atoms with E-state index < -0.39 is 0 Å². The first-order valence-electron chi connectivity index (χ1n) is 7.21. The third kappa shape index (κ3) is 2.88. The Bertz CT molecular complexity index is 768. The fraction of sp³-hybridized carbons (Fsp3) is 0.235. The van der Waals surface area contributed by atoms with E-state index in [1.807, 2.05) is 0 Å². The summed E-state index contributed by atoms with van der Waals surface area (Å²) < 4.78 is 5.11. The van der Waals surface area contributed by atoms with Gasteiger partial charge < -0.3 is 25.2 Å². The molecule has 0 spiro atoms. The van der Waals surface area contributed by atoms with Gasteiger partial charge in [-0.05, 0) is 24.1 Å². The number of phenols is 4. The lowest BCUT2D eigenvalue weighted by atomic mass is 9.98. The van der Waals surface area contributed by atoms with Crippen LogP contribution >= 0.6 is 0 Å². The molecule has 0 aliphatic carbocycles. The van der Waals surface area contributed by atoms with Crippen LogP contribution < -0.4 is 0 Å². The number of benzene rings is 2. The maximum absolute atomic E-state index is 11.1. The smallest absolute Gasteiger partial charge is 0.306 e. The molecular formula is C17H16O6. The Hall–Kier alpha value is -2.89. The molecule has 1 atom stereocenters. The number of carbonyl (C=O) groups is 1. The Morgan fingerprint density at radius 3 is 2.43 bits per heavy atom. The molecule has 1 aliphatic heterocycles. The molecule has 0 aromatic heterocycles. The standard InChI is InChI=1S/C17H16O6/c18-13-5-2-9(8-14(13)19)12-4-1-10(16(21)17(12)22)7-11-3-6-15(20)23-11/h1-2,4-5,8,11,18-19,21-22H,3,6-7H2. The number of cyclic esters (lactones) is 1. The molecule has 0 amide bonds. The average Bonchev–Trinajstić information content (AvgIpc) is 2.92. The van der Waals surface area contributed by atoms with E-state index in [2.05, 4.69) is 0 Å². The highest BCUT2D eigenvalue weighted by atomic mass is 16.5. The van der Waals surface area contributed by atoms with Gasteiger partial charge in [0.15, 0.2) is 23.0 Å². The lowest BCUT2D eigenvalue weighted by molar-refractivity contribution is -0.141. The summed E-state index contributed by atoms with van der Waals surface area (Å²) in [5, 5.41) is 39.3. The molecule has 4 N–H and O–H groups in total. The first-order chi connectivity index (χ1) is 11.0. The highest BCUT2D eigenvalue weighted by Gasteiger charge is 2.25. The predicted molar refractivity (Wildman–Crippen MR) is 81.4 cm³/mol. The van der Waals surface area contributed by atoms with E-state index in [4.69, 9.17) is 4.74 Å². The SMILES string of the molecule is O=C1CCC(Cc2ccc(-c3ccc(O)c(O)c3)c(O)c2O)O1. The van der Waals surface area contributed by atoms with Crippen molar-refractivity contribution in [2.75, 3.05) is 0 Å². The number of ether oxygens (including phenoxy) is 1. The third-order valence-electron chi connectivity index (χ3n) is 3.94. The summed E-state index contributed by atoms with van der Waals surface area (Å²) in [6, 6.07) is 7.35. The lowest BCUT2D eigenvalue weighted by Crippen LogP contribution is -2.10. The topological polar surface area (TPSA) is 107 Å². The normalized spacial score (nSPS) is 17.2. The van der Waals surface area contributed by atoms with Gasteiger partial charge in [-0.1, -0.05) is 18.2 Å². The van der Waals surface area contributed by atoms with E-state index in [-0.39, 0.29) is 35.1 Å². The maximum Gasteiger partial charge on any atom is 0.306 e. The van der Waals surface area contributed by atoms with Crippen LogP contribution in [0.3, 0.4) is 0 Å². The first kappa shape index (κ1) is 15.0. The van der Waals surface area contributed by atoms with Gasteiger partial charge in [0.2, 0.25) is 0 Å². The molecule has 1 heterocycles. The van der Waals surface area contributed by atoms with E-state index in [1.54, 1.807) is 12.1 Å². The summed E-state index contributed by atoms with van der Waals surface area (Å²) in [5.74, 6) is -1.44. The second kappa shape index (κ2) is 5.72. The Labute approximate surface area is 132 Å². The quantitative estimate of drug-likeness (QED) is 0.512.